The molecule has 0 saturated carbocycles. The van der Waals surface area contributed by atoms with Gasteiger partial charge in [-0.1, -0.05) is 17.7 Å². The van der Waals surface area contributed by atoms with Gasteiger partial charge in [0.15, 0.2) is 0 Å². The Kier molecular flexibility index (Phi) is 6.36. The fourth-order valence-corrected chi connectivity index (χ4v) is 2.00. The van der Waals surface area contributed by atoms with Crippen molar-refractivity contribution in [3.63, 3.8) is 0 Å². The summed E-state index contributed by atoms with van der Waals surface area (Å²) in [6.07, 6.45) is 1.02. The first-order chi connectivity index (χ1) is 9.04. The molecular weight excluding hydrogens is 242 g/mol. The third-order valence-corrected chi connectivity index (χ3v) is 3.20. The molecular formula is C15H23NO3. The number of carboxylic acid groups (broad SMARTS) is 1. The van der Waals surface area contributed by atoms with Crippen LogP contribution in [0.2, 0.25) is 0 Å². The van der Waals surface area contributed by atoms with Crippen LogP contribution in [0.4, 0.5) is 5.69 Å². The summed E-state index contributed by atoms with van der Waals surface area (Å²) in [5.74, 6) is -0.768. The Bertz CT molecular complexity index is 389. The first-order valence-electron chi connectivity index (χ1n) is 6.58. The minimum absolute atomic E-state index is 0.144. The second-order valence-electron chi connectivity index (χ2n) is 4.80. The molecule has 1 N–H and O–H groups in total. The van der Waals surface area contributed by atoms with E-state index in [9.17, 15) is 4.79 Å². The zero-order valence-corrected chi connectivity index (χ0v) is 11.9. The second kappa shape index (κ2) is 7.79. The van der Waals surface area contributed by atoms with Gasteiger partial charge in [0.1, 0.15) is 0 Å². The fourth-order valence-electron chi connectivity index (χ4n) is 2.00. The summed E-state index contributed by atoms with van der Waals surface area (Å²) in [4.78, 5) is 12.9. The molecule has 1 aromatic rings. The summed E-state index contributed by atoms with van der Waals surface area (Å²) in [5.41, 5.74) is 2.27. The number of aryl methyl sites for hydroxylation is 1. The molecule has 0 spiro atoms. The average molecular weight is 265 g/mol. The van der Waals surface area contributed by atoms with Crippen molar-refractivity contribution in [2.24, 2.45) is 0 Å². The van der Waals surface area contributed by atoms with Crippen LogP contribution in [0.25, 0.3) is 0 Å². The summed E-state index contributed by atoms with van der Waals surface area (Å²) in [6, 6.07) is 8.43. The van der Waals surface area contributed by atoms with E-state index in [-0.39, 0.29) is 12.5 Å². The van der Waals surface area contributed by atoms with Crippen LogP contribution in [0.5, 0.6) is 0 Å². The smallest absolute Gasteiger partial charge is 0.305 e. The Balaban J connectivity index is 2.78. The molecule has 1 unspecified atom stereocenters. The molecule has 1 aromatic carbocycles. The van der Waals surface area contributed by atoms with E-state index in [2.05, 4.69) is 11.8 Å². The molecule has 0 heterocycles. The van der Waals surface area contributed by atoms with Gasteiger partial charge in [-0.3, -0.25) is 4.79 Å². The van der Waals surface area contributed by atoms with Crippen LogP contribution >= 0.6 is 0 Å². The molecule has 0 aromatic heterocycles. The normalized spacial score (nSPS) is 12.2. The van der Waals surface area contributed by atoms with Crippen molar-refractivity contribution < 1.29 is 14.6 Å². The van der Waals surface area contributed by atoms with Crippen molar-refractivity contribution >= 4 is 11.7 Å². The molecule has 0 bridgehead atoms. The molecule has 0 aliphatic carbocycles. The number of nitrogens with zero attached hydrogens (tertiary/aromatic N) is 1. The van der Waals surface area contributed by atoms with Crippen molar-refractivity contribution in [1.82, 2.24) is 0 Å². The van der Waals surface area contributed by atoms with Gasteiger partial charge in [0, 0.05) is 32.0 Å². The number of ether oxygens (including phenoxy) is 1. The van der Waals surface area contributed by atoms with Gasteiger partial charge >= 0.3 is 5.97 Å². The quantitative estimate of drug-likeness (QED) is 0.785. The molecule has 0 saturated heterocycles. The van der Waals surface area contributed by atoms with Gasteiger partial charge in [-0.25, -0.2) is 0 Å². The molecule has 0 fully saturated rings. The van der Waals surface area contributed by atoms with Gasteiger partial charge in [0.2, 0.25) is 0 Å². The van der Waals surface area contributed by atoms with Crippen molar-refractivity contribution in [3.8, 4) is 0 Å². The minimum Gasteiger partial charge on any atom is -0.481 e. The number of carboxylic acids is 1. The molecule has 1 rings (SSSR count). The van der Waals surface area contributed by atoms with Gasteiger partial charge in [0.05, 0.1) is 6.42 Å². The van der Waals surface area contributed by atoms with E-state index in [4.69, 9.17) is 9.84 Å². The summed E-state index contributed by atoms with van der Waals surface area (Å²) in [7, 11) is 1.68. The van der Waals surface area contributed by atoms with E-state index in [0.29, 0.717) is 13.2 Å². The van der Waals surface area contributed by atoms with Gasteiger partial charge in [-0.2, -0.15) is 0 Å². The van der Waals surface area contributed by atoms with Gasteiger partial charge in [0.25, 0.3) is 0 Å². The van der Waals surface area contributed by atoms with Crippen LogP contribution in [-0.2, 0) is 9.53 Å². The first kappa shape index (κ1) is 15.5. The predicted molar refractivity (Wildman–Crippen MR) is 76.7 cm³/mol. The zero-order valence-electron chi connectivity index (χ0n) is 11.9. The van der Waals surface area contributed by atoms with E-state index in [1.54, 1.807) is 7.11 Å². The van der Waals surface area contributed by atoms with E-state index in [1.807, 2.05) is 31.2 Å². The summed E-state index contributed by atoms with van der Waals surface area (Å²) in [5, 5.41) is 8.86. The highest BCUT2D eigenvalue weighted by Crippen LogP contribution is 2.19. The van der Waals surface area contributed by atoms with Crippen molar-refractivity contribution in [3.05, 3.63) is 29.8 Å². The highest BCUT2D eigenvalue weighted by molar-refractivity contribution is 5.67. The van der Waals surface area contributed by atoms with E-state index in [0.717, 1.165) is 12.1 Å². The molecule has 1 atom stereocenters. The number of aliphatic carboxylic acids is 1. The lowest BCUT2D eigenvalue weighted by Gasteiger charge is -2.31. The lowest BCUT2D eigenvalue weighted by molar-refractivity contribution is -0.136. The maximum absolute atomic E-state index is 10.8. The summed E-state index contributed by atoms with van der Waals surface area (Å²) >= 11 is 0. The third-order valence-electron chi connectivity index (χ3n) is 3.20. The molecule has 0 aliphatic heterocycles. The molecule has 0 radical (unpaired) electrons. The Morgan fingerprint density at radius 1 is 1.37 bits per heavy atom. The number of carbonyl (C=O) groups is 1. The van der Waals surface area contributed by atoms with Crippen LogP contribution in [0.15, 0.2) is 24.3 Å². The van der Waals surface area contributed by atoms with Gasteiger partial charge in [-0.05, 0) is 32.4 Å². The van der Waals surface area contributed by atoms with Crippen LogP contribution < -0.4 is 4.90 Å². The van der Waals surface area contributed by atoms with Crippen LogP contribution in [0.3, 0.4) is 0 Å². The maximum Gasteiger partial charge on any atom is 0.305 e. The second-order valence-corrected chi connectivity index (χ2v) is 4.80. The minimum atomic E-state index is -0.768. The zero-order chi connectivity index (χ0) is 14.3. The van der Waals surface area contributed by atoms with Gasteiger partial charge in [-0.15, -0.1) is 0 Å². The number of anilines is 1. The topological polar surface area (TPSA) is 49.8 Å². The van der Waals surface area contributed by atoms with Crippen molar-refractivity contribution in [2.75, 3.05) is 25.2 Å². The predicted octanol–water partition coefficient (Wildman–Crippen LogP) is 2.70. The highest BCUT2D eigenvalue weighted by Gasteiger charge is 2.15. The van der Waals surface area contributed by atoms with Crippen LogP contribution in [-0.4, -0.2) is 37.4 Å². The summed E-state index contributed by atoms with van der Waals surface area (Å²) in [6.45, 7) is 5.33. The average Bonchev–Trinajstić information content (AvgIpc) is 2.38. The molecule has 106 valence electrons. The fraction of sp³-hybridized carbons (Fsp3) is 0.533. The SMILES string of the molecule is COCCC(C)N(CCC(=O)O)c1ccc(C)cc1. The van der Waals surface area contributed by atoms with E-state index in [1.165, 1.54) is 5.56 Å². The molecule has 4 nitrogen and oxygen atoms in total. The molecule has 19 heavy (non-hydrogen) atoms. The van der Waals surface area contributed by atoms with Gasteiger partial charge < -0.3 is 14.7 Å². The largest absolute Gasteiger partial charge is 0.481 e. The first-order valence-corrected chi connectivity index (χ1v) is 6.58. The number of hydrogen-bond donors (Lipinski definition) is 1. The lowest BCUT2D eigenvalue weighted by atomic mass is 10.1. The van der Waals surface area contributed by atoms with Crippen LogP contribution in [0.1, 0.15) is 25.3 Å². The number of rotatable bonds is 8. The van der Waals surface area contributed by atoms with Crippen molar-refractivity contribution in [2.45, 2.75) is 32.7 Å². The van der Waals surface area contributed by atoms with Crippen molar-refractivity contribution in [1.29, 1.82) is 0 Å². The van der Waals surface area contributed by atoms with Crippen LogP contribution in [0, 0.1) is 6.92 Å². The third kappa shape index (κ3) is 5.30. The Hall–Kier alpha value is -1.55. The molecule has 0 aliphatic rings. The summed E-state index contributed by atoms with van der Waals surface area (Å²) < 4.78 is 5.10. The van der Waals surface area contributed by atoms with E-state index < -0.39 is 5.97 Å². The number of hydrogen-bond acceptors (Lipinski definition) is 3. The number of benzene rings is 1. The Morgan fingerprint density at radius 2 is 2.00 bits per heavy atom. The lowest BCUT2D eigenvalue weighted by Crippen LogP contribution is -2.35. The Morgan fingerprint density at radius 3 is 2.53 bits per heavy atom. The number of methoxy groups -OCH3 is 1. The monoisotopic (exact) mass is 265 g/mol. The van der Waals surface area contributed by atoms with E-state index >= 15 is 0 Å². The molecule has 4 heteroatoms. The highest BCUT2D eigenvalue weighted by atomic mass is 16.5. The Labute approximate surface area is 115 Å². The standard InChI is InChI=1S/C15H23NO3/c1-12-4-6-14(7-5-12)16(10-8-15(17)18)13(2)9-11-19-3/h4-7,13H,8-11H2,1-3H3,(H,17,18). The molecule has 0 amide bonds. The maximum atomic E-state index is 10.8.